The molecule has 1 aromatic carbocycles. The van der Waals surface area contributed by atoms with Gasteiger partial charge in [0.2, 0.25) is 0 Å². The van der Waals surface area contributed by atoms with Crippen LogP contribution in [0.2, 0.25) is 0 Å². The minimum absolute atomic E-state index is 0.217. The fraction of sp³-hybridized carbons (Fsp3) is 0.333. The highest BCUT2D eigenvalue weighted by molar-refractivity contribution is 8.02. The number of alkyl halides is 2. The number of carbonyl (C=O) groups excluding carboxylic acids is 1. The summed E-state index contributed by atoms with van der Waals surface area (Å²) in [5.41, 5.74) is 12.6. The Morgan fingerprint density at radius 2 is 2.03 bits per heavy atom. The van der Waals surface area contributed by atoms with Crippen molar-refractivity contribution in [2.45, 2.75) is 18.6 Å². The molecule has 29 heavy (non-hydrogen) atoms. The van der Waals surface area contributed by atoms with Crippen LogP contribution in [0.15, 0.2) is 52.1 Å². The Hall–Kier alpha value is -2.79. The zero-order valence-corrected chi connectivity index (χ0v) is 16.6. The van der Waals surface area contributed by atoms with Crippen molar-refractivity contribution < 1.29 is 13.6 Å². The molecule has 156 valence electrons. The lowest BCUT2D eigenvalue weighted by atomic mass is 10.1. The first-order chi connectivity index (χ1) is 13.8. The van der Waals surface area contributed by atoms with Crippen LogP contribution in [0, 0.1) is 0 Å². The Balaban J connectivity index is 1.59. The van der Waals surface area contributed by atoms with E-state index in [0.29, 0.717) is 5.69 Å². The third-order valence-corrected chi connectivity index (χ3v) is 5.00. The summed E-state index contributed by atoms with van der Waals surface area (Å²) in [6.45, 7) is -1.07. The molecular formula is C18H23F2N7OS. The molecule has 1 atom stereocenters. The van der Waals surface area contributed by atoms with E-state index < -0.39 is 19.0 Å². The lowest BCUT2D eigenvalue weighted by Gasteiger charge is -2.29. The largest absolute Gasteiger partial charge is 0.370 e. The minimum Gasteiger partial charge on any atom is -0.370 e. The van der Waals surface area contributed by atoms with Crippen LogP contribution in [0.3, 0.4) is 0 Å². The molecule has 8 nitrogen and oxygen atoms in total. The Morgan fingerprint density at radius 1 is 1.31 bits per heavy atom. The lowest BCUT2D eigenvalue weighted by Crippen LogP contribution is -2.51. The van der Waals surface area contributed by atoms with Crippen molar-refractivity contribution in [3.8, 4) is 0 Å². The summed E-state index contributed by atoms with van der Waals surface area (Å²) in [6.07, 6.45) is 5.52. The number of nitrogens with zero attached hydrogens (tertiary/aromatic N) is 2. The highest BCUT2D eigenvalue weighted by atomic mass is 32.2. The van der Waals surface area contributed by atoms with E-state index in [-0.39, 0.29) is 24.7 Å². The number of anilines is 1. The second kappa shape index (κ2) is 8.70. The first-order valence-electron chi connectivity index (χ1n) is 8.84. The smallest absolute Gasteiger partial charge is 0.327 e. The molecule has 1 unspecified atom stereocenters. The average molecular weight is 423 g/mol. The van der Waals surface area contributed by atoms with Crippen molar-refractivity contribution in [3.63, 3.8) is 0 Å². The number of amides is 2. The molecule has 0 radical (unpaired) electrons. The number of fused-ring (bicyclic) bond motifs is 1. The summed E-state index contributed by atoms with van der Waals surface area (Å²) >= 11 is 1.57. The Morgan fingerprint density at radius 3 is 2.69 bits per heavy atom. The molecule has 2 aliphatic rings. The molecule has 0 aromatic heterocycles. The minimum atomic E-state index is -3.04. The van der Waals surface area contributed by atoms with E-state index in [9.17, 15) is 13.6 Å². The maximum absolute atomic E-state index is 13.6. The summed E-state index contributed by atoms with van der Waals surface area (Å²) in [7, 11) is 0. The van der Waals surface area contributed by atoms with Gasteiger partial charge in [0.25, 0.3) is 5.92 Å². The fourth-order valence-electron chi connectivity index (χ4n) is 2.87. The quantitative estimate of drug-likeness (QED) is 0.317. The van der Waals surface area contributed by atoms with E-state index in [4.69, 9.17) is 11.5 Å². The predicted molar refractivity (Wildman–Crippen MR) is 111 cm³/mol. The van der Waals surface area contributed by atoms with Gasteiger partial charge in [-0.05, 0) is 30.0 Å². The van der Waals surface area contributed by atoms with Gasteiger partial charge in [-0.2, -0.15) is 0 Å². The van der Waals surface area contributed by atoms with Gasteiger partial charge in [0, 0.05) is 18.3 Å². The number of thioether (sulfide) groups is 1. The molecule has 0 spiro atoms. The molecule has 3 rings (SSSR count). The number of halogens is 2. The van der Waals surface area contributed by atoms with Crippen LogP contribution in [0.4, 0.5) is 19.3 Å². The number of carbonyl (C=O) groups is 1. The number of hydrogen-bond donors (Lipinski definition) is 5. The predicted octanol–water partition coefficient (Wildman–Crippen LogP) is 1.23. The molecule has 2 amide bonds. The van der Waals surface area contributed by atoms with Gasteiger partial charge in [0.15, 0.2) is 5.96 Å². The number of nitrogens with one attached hydrogen (secondary N) is 3. The lowest BCUT2D eigenvalue weighted by molar-refractivity contribution is 0.0120. The van der Waals surface area contributed by atoms with Crippen LogP contribution >= 0.6 is 11.8 Å². The Labute approximate surface area is 171 Å². The Kier molecular flexibility index (Phi) is 6.28. The number of rotatable bonds is 8. The number of guanidine groups is 1. The number of hydrogen-bond acceptors (Lipinski definition) is 5. The van der Waals surface area contributed by atoms with Gasteiger partial charge in [-0.25, -0.2) is 18.6 Å². The molecule has 0 fully saturated rings. The summed E-state index contributed by atoms with van der Waals surface area (Å²) in [6, 6.07) is 6.86. The summed E-state index contributed by atoms with van der Waals surface area (Å²) < 4.78 is 27.3. The van der Waals surface area contributed by atoms with E-state index in [1.165, 1.54) is 4.90 Å². The van der Waals surface area contributed by atoms with Crippen molar-refractivity contribution in [3.05, 3.63) is 52.7 Å². The van der Waals surface area contributed by atoms with Crippen molar-refractivity contribution >= 4 is 29.4 Å². The number of nitrogens with two attached hydrogens (primary N) is 2. The van der Waals surface area contributed by atoms with Crippen LogP contribution < -0.4 is 32.3 Å². The van der Waals surface area contributed by atoms with Crippen molar-refractivity contribution in [2.24, 2.45) is 16.5 Å². The van der Waals surface area contributed by atoms with Gasteiger partial charge < -0.3 is 27.4 Å². The first kappa shape index (κ1) is 20.9. The standard InChI is InChI=1S/C18H23F2N7OS/c1-29-14-6-12-8-27(17(28)26-15(12)25-14)13-4-2-11(3-5-13)7-23-9-18(19,20)10-24-16(21)22/h2-6,8,15,23,25H,7,9-10H2,1H3,(H,26,28)(H4,21,22,24). The summed E-state index contributed by atoms with van der Waals surface area (Å²) in [5, 5.41) is 9.78. The van der Waals surface area contributed by atoms with Gasteiger partial charge in [-0.15, -0.1) is 11.8 Å². The van der Waals surface area contributed by atoms with Crippen LogP contribution in [0.5, 0.6) is 0 Å². The molecule has 0 aliphatic carbocycles. The molecule has 11 heteroatoms. The molecule has 0 bridgehead atoms. The zero-order chi connectivity index (χ0) is 21.0. The maximum Gasteiger partial charge on any atom is 0.327 e. The average Bonchev–Trinajstić information content (AvgIpc) is 3.08. The summed E-state index contributed by atoms with van der Waals surface area (Å²) in [4.78, 5) is 17.3. The van der Waals surface area contributed by atoms with Gasteiger partial charge >= 0.3 is 6.03 Å². The Bertz CT molecular complexity index is 850. The van der Waals surface area contributed by atoms with Crippen molar-refractivity contribution in [1.29, 1.82) is 0 Å². The van der Waals surface area contributed by atoms with E-state index in [2.05, 4.69) is 20.9 Å². The number of benzene rings is 1. The topological polar surface area (TPSA) is 121 Å². The van der Waals surface area contributed by atoms with E-state index in [1.807, 2.05) is 12.3 Å². The molecule has 1 aromatic rings. The van der Waals surface area contributed by atoms with Crippen molar-refractivity contribution in [2.75, 3.05) is 24.2 Å². The second-order valence-corrected chi connectivity index (χ2v) is 7.45. The summed E-state index contributed by atoms with van der Waals surface area (Å²) in [5.74, 6) is -3.41. The monoisotopic (exact) mass is 423 g/mol. The highest BCUT2D eigenvalue weighted by Gasteiger charge is 2.30. The SMILES string of the molecule is CSC1=CC2=CN(c3ccc(CNCC(F)(F)CN=C(N)N)cc3)C(=O)NC2N1. The van der Waals surface area contributed by atoms with E-state index in [1.54, 1.807) is 42.2 Å². The molecule has 2 aliphatic heterocycles. The zero-order valence-electron chi connectivity index (χ0n) is 15.8. The molecule has 2 heterocycles. The van der Waals surface area contributed by atoms with Crippen LogP contribution in [-0.2, 0) is 6.54 Å². The molecule has 0 saturated carbocycles. The van der Waals surface area contributed by atoms with Crippen molar-refractivity contribution in [1.82, 2.24) is 16.0 Å². The number of aliphatic imine (C=N–C) groups is 1. The van der Waals surface area contributed by atoms with Gasteiger partial charge in [0.1, 0.15) is 12.7 Å². The van der Waals surface area contributed by atoms with E-state index in [0.717, 1.165) is 16.2 Å². The molecular weight excluding hydrogens is 400 g/mol. The highest BCUT2D eigenvalue weighted by Crippen LogP contribution is 2.27. The van der Waals surface area contributed by atoms with Gasteiger partial charge in [-0.3, -0.25) is 4.90 Å². The van der Waals surface area contributed by atoms with E-state index >= 15 is 0 Å². The maximum atomic E-state index is 13.6. The number of urea groups is 1. The molecule has 0 saturated heterocycles. The third-order valence-electron chi connectivity index (χ3n) is 4.32. The van der Waals surface area contributed by atoms with Gasteiger partial charge in [-0.1, -0.05) is 12.1 Å². The fourth-order valence-corrected chi connectivity index (χ4v) is 3.36. The second-order valence-electron chi connectivity index (χ2n) is 6.61. The first-order valence-corrected chi connectivity index (χ1v) is 10.1. The van der Waals surface area contributed by atoms with Gasteiger partial charge in [0.05, 0.1) is 17.3 Å². The normalized spacial score (nSPS) is 18.4. The third kappa shape index (κ3) is 5.39. The molecule has 7 N–H and O–H groups in total. The van der Waals surface area contributed by atoms with Crippen LogP contribution in [-0.4, -0.2) is 43.4 Å². The van der Waals surface area contributed by atoms with Crippen LogP contribution in [0.25, 0.3) is 0 Å². The van der Waals surface area contributed by atoms with Crippen LogP contribution in [0.1, 0.15) is 5.56 Å².